The van der Waals surface area contributed by atoms with E-state index >= 15 is 0 Å². The Kier molecular flexibility index (Phi) is 6.68. The van der Waals surface area contributed by atoms with Gasteiger partial charge in [-0.25, -0.2) is 0 Å². The van der Waals surface area contributed by atoms with Crippen LogP contribution in [0.4, 0.5) is 5.69 Å². The summed E-state index contributed by atoms with van der Waals surface area (Å²) in [5.41, 5.74) is 8.19. The van der Waals surface area contributed by atoms with Crippen molar-refractivity contribution >= 4 is 21.6 Å². The van der Waals surface area contributed by atoms with E-state index in [1.807, 2.05) is 6.92 Å². The van der Waals surface area contributed by atoms with Crippen molar-refractivity contribution in [3.05, 3.63) is 28.2 Å². The molecule has 1 rings (SSSR count). The zero-order chi connectivity index (χ0) is 13.5. The number of aliphatic hydroxyl groups is 1. The van der Waals surface area contributed by atoms with Crippen LogP contribution in [-0.4, -0.2) is 25.3 Å². The predicted octanol–water partition coefficient (Wildman–Crippen LogP) is 3.07. The third kappa shape index (κ3) is 4.59. The Morgan fingerprint density at radius 1 is 1.33 bits per heavy atom. The Balaban J connectivity index is 2.60. The molecule has 0 heterocycles. The van der Waals surface area contributed by atoms with Crippen LogP contribution in [0.3, 0.4) is 0 Å². The Bertz CT molecular complexity index is 369. The Labute approximate surface area is 118 Å². The van der Waals surface area contributed by atoms with Crippen molar-refractivity contribution < 1.29 is 5.11 Å². The second-order valence-corrected chi connectivity index (χ2v) is 5.56. The number of unbranched alkanes of at least 4 members (excludes halogenated alkanes) is 2. The highest BCUT2D eigenvalue weighted by Crippen LogP contribution is 2.28. The van der Waals surface area contributed by atoms with Gasteiger partial charge in [0.1, 0.15) is 0 Å². The Morgan fingerprint density at radius 2 is 2.06 bits per heavy atom. The summed E-state index contributed by atoms with van der Waals surface area (Å²) in [5.74, 6) is 0. The third-order valence-electron chi connectivity index (χ3n) is 3.06. The van der Waals surface area contributed by atoms with Crippen LogP contribution in [0.5, 0.6) is 0 Å². The summed E-state index contributed by atoms with van der Waals surface area (Å²) in [6.45, 7) is 3.27. The molecule has 0 aromatic heterocycles. The van der Waals surface area contributed by atoms with Crippen LogP contribution in [0.2, 0.25) is 0 Å². The van der Waals surface area contributed by atoms with Crippen LogP contribution >= 0.6 is 15.9 Å². The van der Waals surface area contributed by atoms with Gasteiger partial charge < -0.3 is 15.7 Å². The van der Waals surface area contributed by atoms with Gasteiger partial charge in [0, 0.05) is 30.7 Å². The monoisotopic (exact) mass is 314 g/mol. The van der Waals surface area contributed by atoms with Crippen LogP contribution in [0.25, 0.3) is 0 Å². The first-order valence-corrected chi connectivity index (χ1v) is 7.22. The van der Waals surface area contributed by atoms with E-state index in [2.05, 4.69) is 46.1 Å². The fraction of sp³-hybridized carbons (Fsp3) is 0.571. The highest BCUT2D eigenvalue weighted by Gasteiger charge is 2.08. The fourth-order valence-electron chi connectivity index (χ4n) is 1.87. The van der Waals surface area contributed by atoms with E-state index in [0.29, 0.717) is 0 Å². The summed E-state index contributed by atoms with van der Waals surface area (Å²) in [5, 5.41) is 8.74. The van der Waals surface area contributed by atoms with Gasteiger partial charge in [0.15, 0.2) is 0 Å². The molecule has 102 valence electrons. The highest BCUT2D eigenvalue weighted by atomic mass is 79.9. The molecule has 0 saturated heterocycles. The number of halogens is 1. The van der Waals surface area contributed by atoms with Crippen LogP contribution in [-0.2, 0) is 0 Å². The predicted molar refractivity (Wildman–Crippen MR) is 81.0 cm³/mol. The second kappa shape index (κ2) is 7.77. The van der Waals surface area contributed by atoms with E-state index in [1.165, 1.54) is 5.69 Å². The van der Waals surface area contributed by atoms with Crippen LogP contribution in [0.15, 0.2) is 22.7 Å². The first kappa shape index (κ1) is 15.5. The van der Waals surface area contributed by atoms with Gasteiger partial charge in [0.25, 0.3) is 0 Å². The minimum absolute atomic E-state index is 0.0604. The smallest absolute Gasteiger partial charge is 0.0508 e. The molecule has 0 bridgehead atoms. The molecule has 1 atom stereocenters. The minimum atomic E-state index is 0.0604. The SMILES string of the molecule is C[C@@H](N)c1ccc(N(C)CCCCCO)c(Br)c1. The molecule has 18 heavy (non-hydrogen) atoms. The van der Waals surface area contributed by atoms with E-state index in [1.54, 1.807) is 0 Å². The molecule has 0 amide bonds. The molecule has 0 saturated carbocycles. The summed E-state index contributed by atoms with van der Waals surface area (Å²) in [7, 11) is 2.09. The van der Waals surface area contributed by atoms with Crippen molar-refractivity contribution in [1.82, 2.24) is 0 Å². The topological polar surface area (TPSA) is 49.5 Å². The van der Waals surface area contributed by atoms with Gasteiger partial charge >= 0.3 is 0 Å². The molecule has 0 aliphatic rings. The average molecular weight is 315 g/mol. The molecule has 0 aliphatic heterocycles. The standard InChI is InChI=1S/C14H23BrN2O/c1-11(16)12-6-7-14(13(15)10-12)17(2)8-4-3-5-9-18/h6-7,10-11,18H,3-5,8-9,16H2,1-2H3/t11-/m1/s1. The molecule has 3 nitrogen and oxygen atoms in total. The van der Waals surface area contributed by atoms with E-state index in [9.17, 15) is 0 Å². The van der Waals surface area contributed by atoms with Gasteiger partial charge in [-0.2, -0.15) is 0 Å². The number of rotatable bonds is 7. The molecule has 1 aromatic carbocycles. The first-order chi connectivity index (χ1) is 8.56. The molecule has 4 heteroatoms. The molecule has 0 unspecified atom stereocenters. The van der Waals surface area contributed by atoms with E-state index in [0.717, 1.165) is 35.8 Å². The normalized spacial score (nSPS) is 12.5. The number of benzene rings is 1. The highest BCUT2D eigenvalue weighted by molar-refractivity contribution is 9.10. The Hall–Kier alpha value is -0.580. The molecule has 3 N–H and O–H groups in total. The lowest BCUT2D eigenvalue weighted by Crippen LogP contribution is -2.19. The van der Waals surface area contributed by atoms with Crippen molar-refractivity contribution in [1.29, 1.82) is 0 Å². The van der Waals surface area contributed by atoms with Gasteiger partial charge in [-0.1, -0.05) is 6.07 Å². The first-order valence-electron chi connectivity index (χ1n) is 6.43. The van der Waals surface area contributed by atoms with Crippen molar-refractivity contribution in [3.8, 4) is 0 Å². The zero-order valence-corrected chi connectivity index (χ0v) is 12.8. The molecule has 0 fully saturated rings. The van der Waals surface area contributed by atoms with E-state index in [-0.39, 0.29) is 12.6 Å². The second-order valence-electron chi connectivity index (χ2n) is 4.71. The van der Waals surface area contributed by atoms with Crippen LogP contribution in [0, 0.1) is 0 Å². The number of hydrogen-bond donors (Lipinski definition) is 2. The summed E-state index contributed by atoms with van der Waals surface area (Å²) >= 11 is 3.60. The van der Waals surface area contributed by atoms with Gasteiger partial charge in [-0.05, 0) is 59.8 Å². The Morgan fingerprint density at radius 3 is 2.61 bits per heavy atom. The van der Waals surface area contributed by atoms with Crippen molar-refractivity contribution in [3.63, 3.8) is 0 Å². The number of nitrogens with two attached hydrogens (primary N) is 1. The minimum Gasteiger partial charge on any atom is -0.396 e. The maximum Gasteiger partial charge on any atom is 0.0508 e. The van der Waals surface area contributed by atoms with Crippen molar-refractivity contribution in [2.75, 3.05) is 25.1 Å². The summed E-state index contributed by atoms with van der Waals surface area (Å²) in [6, 6.07) is 6.33. The third-order valence-corrected chi connectivity index (χ3v) is 3.70. The molecular formula is C14H23BrN2O. The van der Waals surface area contributed by atoms with Crippen LogP contribution in [0.1, 0.15) is 37.8 Å². The van der Waals surface area contributed by atoms with E-state index in [4.69, 9.17) is 10.8 Å². The quantitative estimate of drug-likeness (QED) is 0.760. The lowest BCUT2D eigenvalue weighted by molar-refractivity contribution is 0.283. The molecule has 0 aliphatic carbocycles. The number of hydrogen-bond acceptors (Lipinski definition) is 3. The maximum absolute atomic E-state index is 8.74. The molecule has 1 aromatic rings. The molecule has 0 radical (unpaired) electrons. The van der Waals surface area contributed by atoms with Gasteiger partial charge in [0.05, 0.1) is 5.69 Å². The summed E-state index contributed by atoms with van der Waals surface area (Å²) in [6.07, 6.45) is 3.05. The van der Waals surface area contributed by atoms with Crippen molar-refractivity contribution in [2.24, 2.45) is 5.73 Å². The lowest BCUT2D eigenvalue weighted by atomic mass is 10.1. The van der Waals surface area contributed by atoms with Crippen LogP contribution < -0.4 is 10.6 Å². The number of aliphatic hydroxyl groups excluding tert-OH is 1. The molecule has 0 spiro atoms. The zero-order valence-electron chi connectivity index (χ0n) is 11.2. The van der Waals surface area contributed by atoms with Gasteiger partial charge in [-0.3, -0.25) is 0 Å². The number of nitrogens with zero attached hydrogens (tertiary/aromatic N) is 1. The van der Waals surface area contributed by atoms with E-state index < -0.39 is 0 Å². The largest absolute Gasteiger partial charge is 0.396 e. The fourth-order valence-corrected chi connectivity index (χ4v) is 2.57. The van der Waals surface area contributed by atoms with Crippen molar-refractivity contribution in [2.45, 2.75) is 32.2 Å². The molecular weight excluding hydrogens is 292 g/mol. The summed E-state index contributed by atoms with van der Waals surface area (Å²) in [4.78, 5) is 2.23. The number of anilines is 1. The van der Waals surface area contributed by atoms with Gasteiger partial charge in [0.2, 0.25) is 0 Å². The maximum atomic E-state index is 8.74. The summed E-state index contributed by atoms with van der Waals surface area (Å²) < 4.78 is 1.09. The van der Waals surface area contributed by atoms with Gasteiger partial charge in [-0.15, -0.1) is 0 Å². The average Bonchev–Trinajstić information content (AvgIpc) is 2.34. The lowest BCUT2D eigenvalue weighted by Gasteiger charge is -2.21.